The van der Waals surface area contributed by atoms with Gasteiger partial charge < -0.3 is 10.7 Å². The van der Waals surface area contributed by atoms with E-state index in [2.05, 4.69) is 10.7 Å². The molecule has 0 heterocycles. The Balaban J connectivity index is 2.82. The topological polar surface area (TPSA) is 67.2 Å². The predicted molar refractivity (Wildman–Crippen MR) is 57.3 cm³/mol. The van der Waals surface area contributed by atoms with Crippen LogP contribution in [0.25, 0.3) is 0 Å². The number of hydrogen-bond acceptors (Lipinski definition) is 3. The van der Waals surface area contributed by atoms with Crippen molar-refractivity contribution in [1.82, 2.24) is 5.32 Å². The van der Waals surface area contributed by atoms with E-state index in [0.29, 0.717) is 5.69 Å². The first-order valence-electron chi connectivity index (χ1n) is 4.68. The highest BCUT2D eigenvalue weighted by Gasteiger charge is 2.12. The Kier molecular flexibility index (Phi) is 4.19. The molecular weight excluding hydrogens is 216 g/mol. The first-order chi connectivity index (χ1) is 7.54. The predicted octanol–water partition coefficient (Wildman–Crippen LogP) is 1.28. The lowest BCUT2D eigenvalue weighted by molar-refractivity contribution is 0.0892. The monoisotopic (exact) mass is 229 g/mol. The number of aryl methyl sites for hydroxylation is 1. The zero-order valence-electron chi connectivity index (χ0n) is 8.76. The third kappa shape index (κ3) is 3.16. The summed E-state index contributed by atoms with van der Waals surface area (Å²) in [5, 5.41) is 2.11. The molecule has 1 amide bonds. The van der Waals surface area contributed by atoms with Crippen LogP contribution in [0.3, 0.4) is 0 Å². The molecule has 0 bridgehead atoms. The number of carbonyl (C=O) groups is 1. The summed E-state index contributed by atoms with van der Waals surface area (Å²) >= 11 is 0. The van der Waals surface area contributed by atoms with Crippen LogP contribution in [0.4, 0.5) is 14.5 Å². The first kappa shape index (κ1) is 12.4. The molecule has 0 radical (unpaired) electrons. The zero-order valence-corrected chi connectivity index (χ0v) is 8.76. The van der Waals surface area contributed by atoms with E-state index in [1.54, 1.807) is 12.1 Å². The van der Waals surface area contributed by atoms with Gasteiger partial charge in [0, 0.05) is 0 Å². The lowest BCUT2D eigenvalue weighted by Gasteiger charge is -2.10. The second-order valence-electron chi connectivity index (χ2n) is 3.29. The van der Waals surface area contributed by atoms with Gasteiger partial charge >= 0.3 is 0 Å². The normalized spacial score (nSPS) is 10.3. The third-order valence-electron chi connectivity index (χ3n) is 1.99. The Morgan fingerprint density at radius 2 is 2.19 bits per heavy atom. The molecule has 6 heteroatoms. The molecule has 0 atom stereocenters. The lowest BCUT2D eigenvalue weighted by Crippen LogP contribution is -2.29. The molecule has 88 valence electrons. The number of halogens is 2. The van der Waals surface area contributed by atoms with Crippen molar-refractivity contribution in [2.24, 2.45) is 5.84 Å². The van der Waals surface area contributed by atoms with Crippen molar-refractivity contribution in [1.29, 1.82) is 0 Å². The van der Waals surface area contributed by atoms with E-state index in [1.165, 1.54) is 6.07 Å². The van der Waals surface area contributed by atoms with Gasteiger partial charge in [-0.3, -0.25) is 10.6 Å². The highest BCUT2D eigenvalue weighted by molar-refractivity contribution is 5.99. The number of nitrogen functional groups attached to an aromatic ring is 1. The minimum atomic E-state index is -2.57. The van der Waals surface area contributed by atoms with Gasteiger partial charge in [-0.25, -0.2) is 8.78 Å². The summed E-state index contributed by atoms with van der Waals surface area (Å²) in [7, 11) is 0. The van der Waals surface area contributed by atoms with Gasteiger partial charge in [-0.15, -0.1) is 0 Å². The van der Waals surface area contributed by atoms with Crippen molar-refractivity contribution in [2.45, 2.75) is 13.3 Å². The van der Waals surface area contributed by atoms with Gasteiger partial charge in [-0.1, -0.05) is 6.07 Å². The SMILES string of the molecule is Cc1ccc(C(=O)NCC(F)F)c(NN)c1. The van der Waals surface area contributed by atoms with Crippen LogP contribution in [-0.4, -0.2) is 18.9 Å². The number of nitrogens with two attached hydrogens (primary N) is 1. The minimum absolute atomic E-state index is 0.244. The molecular formula is C10H13F2N3O. The summed E-state index contributed by atoms with van der Waals surface area (Å²) in [4.78, 5) is 11.5. The van der Waals surface area contributed by atoms with Crippen LogP contribution in [0.15, 0.2) is 18.2 Å². The molecule has 0 saturated carbocycles. The van der Waals surface area contributed by atoms with Crippen LogP contribution in [0.1, 0.15) is 15.9 Å². The lowest BCUT2D eigenvalue weighted by atomic mass is 10.1. The number of amides is 1. The number of anilines is 1. The van der Waals surface area contributed by atoms with Gasteiger partial charge in [0.2, 0.25) is 0 Å². The summed E-state index contributed by atoms with van der Waals surface area (Å²) in [5.41, 5.74) is 3.93. The number of hydrogen-bond donors (Lipinski definition) is 3. The van der Waals surface area contributed by atoms with Gasteiger partial charge in [-0.05, 0) is 24.6 Å². The standard InChI is InChI=1S/C10H13F2N3O/c1-6-2-3-7(8(4-6)15-13)10(16)14-5-9(11)12/h2-4,9,15H,5,13H2,1H3,(H,14,16). The van der Waals surface area contributed by atoms with Crippen LogP contribution < -0.4 is 16.6 Å². The second kappa shape index (κ2) is 5.41. The van der Waals surface area contributed by atoms with Crippen molar-refractivity contribution in [3.63, 3.8) is 0 Å². The largest absolute Gasteiger partial charge is 0.346 e. The molecule has 0 aliphatic heterocycles. The number of nitrogens with one attached hydrogen (secondary N) is 2. The number of hydrazine groups is 1. The fourth-order valence-electron chi connectivity index (χ4n) is 1.24. The van der Waals surface area contributed by atoms with Crippen LogP contribution in [0.2, 0.25) is 0 Å². The highest BCUT2D eigenvalue weighted by Crippen LogP contribution is 2.16. The molecule has 4 N–H and O–H groups in total. The molecule has 0 aliphatic rings. The molecule has 1 aromatic rings. The highest BCUT2D eigenvalue weighted by atomic mass is 19.3. The average molecular weight is 229 g/mol. The summed E-state index contributed by atoms with van der Waals surface area (Å²) in [6.07, 6.45) is -2.57. The summed E-state index contributed by atoms with van der Waals surface area (Å²) in [6.45, 7) is 1.17. The summed E-state index contributed by atoms with van der Waals surface area (Å²) in [5.74, 6) is 4.66. The quantitative estimate of drug-likeness (QED) is 0.538. The van der Waals surface area contributed by atoms with Gasteiger partial charge in [-0.2, -0.15) is 0 Å². The van der Waals surface area contributed by atoms with Crippen LogP contribution >= 0.6 is 0 Å². The molecule has 0 saturated heterocycles. The Labute approximate surface area is 91.8 Å². The number of rotatable bonds is 4. The number of carbonyl (C=O) groups excluding carboxylic acids is 1. The Morgan fingerprint density at radius 3 is 2.75 bits per heavy atom. The summed E-state index contributed by atoms with van der Waals surface area (Å²) in [6, 6.07) is 4.90. The second-order valence-corrected chi connectivity index (χ2v) is 3.29. The average Bonchev–Trinajstić information content (AvgIpc) is 2.25. The molecule has 4 nitrogen and oxygen atoms in total. The fraction of sp³-hybridized carbons (Fsp3) is 0.300. The molecule has 1 aromatic carbocycles. The van der Waals surface area contributed by atoms with Crippen LogP contribution in [-0.2, 0) is 0 Å². The van der Waals surface area contributed by atoms with E-state index >= 15 is 0 Å². The van der Waals surface area contributed by atoms with Gasteiger partial charge in [0.1, 0.15) is 0 Å². The van der Waals surface area contributed by atoms with E-state index in [9.17, 15) is 13.6 Å². The molecule has 0 unspecified atom stereocenters. The Morgan fingerprint density at radius 1 is 1.50 bits per heavy atom. The molecule has 0 aromatic heterocycles. The maximum atomic E-state index is 11.9. The van der Waals surface area contributed by atoms with Crippen molar-refractivity contribution in [3.8, 4) is 0 Å². The Bertz CT molecular complexity index is 382. The Hall–Kier alpha value is -1.69. The van der Waals surface area contributed by atoms with Gasteiger partial charge in [0.15, 0.2) is 0 Å². The van der Waals surface area contributed by atoms with Crippen molar-refractivity contribution in [2.75, 3.05) is 12.0 Å². The molecule has 1 rings (SSSR count). The van der Waals surface area contributed by atoms with Crippen molar-refractivity contribution in [3.05, 3.63) is 29.3 Å². The smallest absolute Gasteiger partial charge is 0.255 e. The molecule has 0 spiro atoms. The molecule has 0 aliphatic carbocycles. The number of benzene rings is 1. The third-order valence-corrected chi connectivity index (χ3v) is 1.99. The van der Waals surface area contributed by atoms with Crippen molar-refractivity contribution < 1.29 is 13.6 Å². The zero-order chi connectivity index (χ0) is 12.1. The maximum absolute atomic E-state index is 11.9. The first-order valence-corrected chi connectivity index (χ1v) is 4.68. The van der Waals surface area contributed by atoms with Crippen LogP contribution in [0.5, 0.6) is 0 Å². The van der Waals surface area contributed by atoms with E-state index in [0.717, 1.165) is 5.56 Å². The fourth-order valence-corrected chi connectivity index (χ4v) is 1.24. The summed E-state index contributed by atoms with van der Waals surface area (Å²) < 4.78 is 23.8. The molecule has 16 heavy (non-hydrogen) atoms. The number of alkyl halides is 2. The van der Waals surface area contributed by atoms with E-state index in [-0.39, 0.29) is 5.56 Å². The van der Waals surface area contributed by atoms with Crippen molar-refractivity contribution >= 4 is 11.6 Å². The van der Waals surface area contributed by atoms with E-state index in [1.807, 2.05) is 6.92 Å². The van der Waals surface area contributed by atoms with E-state index in [4.69, 9.17) is 5.84 Å². The maximum Gasteiger partial charge on any atom is 0.255 e. The van der Waals surface area contributed by atoms with Crippen LogP contribution in [0, 0.1) is 6.92 Å². The molecule has 0 fully saturated rings. The van der Waals surface area contributed by atoms with Gasteiger partial charge in [0.05, 0.1) is 17.8 Å². The van der Waals surface area contributed by atoms with Gasteiger partial charge in [0.25, 0.3) is 12.3 Å². The van der Waals surface area contributed by atoms with E-state index < -0.39 is 18.9 Å². The minimum Gasteiger partial charge on any atom is -0.346 e.